The maximum atomic E-state index is 10.1. The van der Waals surface area contributed by atoms with Crippen molar-refractivity contribution in [2.24, 2.45) is 0 Å². The number of aliphatic hydroxyl groups excluding tert-OH is 2. The second-order valence-corrected chi connectivity index (χ2v) is 3.54. The fraction of sp³-hybridized carbons (Fsp3) is 0.417. The molecule has 4 nitrogen and oxygen atoms in total. The Kier molecular flexibility index (Phi) is 5.71. The molecule has 0 bridgehead atoms. The normalized spacial score (nSPS) is 14.4. The molecule has 0 spiro atoms. The Labute approximate surface area is 94.5 Å². The number of aliphatic hydroxyl groups is 2. The molecule has 0 heterocycles. The minimum Gasteiger partial charge on any atom is -0.390 e. The molecule has 0 saturated heterocycles. The second kappa shape index (κ2) is 7.11. The number of hydrogen-bond donors (Lipinski definition) is 2. The molecule has 88 valence electrons. The first kappa shape index (κ1) is 12.8. The molecule has 0 fully saturated rings. The molecular formula is C12H16O4. The third-order valence-corrected chi connectivity index (χ3v) is 2.18. The lowest BCUT2D eigenvalue weighted by Crippen LogP contribution is -2.30. The summed E-state index contributed by atoms with van der Waals surface area (Å²) in [6.45, 7) is 0.398. The van der Waals surface area contributed by atoms with Crippen LogP contribution in [0.25, 0.3) is 0 Å². The van der Waals surface area contributed by atoms with Crippen LogP contribution in [0.4, 0.5) is 0 Å². The summed E-state index contributed by atoms with van der Waals surface area (Å²) >= 11 is 0. The van der Waals surface area contributed by atoms with Crippen molar-refractivity contribution in [2.45, 2.75) is 25.2 Å². The average molecular weight is 224 g/mol. The Bertz CT molecular complexity index is 299. The van der Waals surface area contributed by atoms with Gasteiger partial charge in [-0.05, 0) is 5.56 Å². The van der Waals surface area contributed by atoms with E-state index in [1.54, 1.807) is 0 Å². The van der Waals surface area contributed by atoms with E-state index in [0.29, 0.717) is 12.9 Å². The van der Waals surface area contributed by atoms with E-state index in [4.69, 9.17) is 4.74 Å². The van der Waals surface area contributed by atoms with Crippen molar-refractivity contribution in [1.82, 2.24) is 0 Å². The molecule has 0 radical (unpaired) electrons. The number of ether oxygens (including phenoxy) is 1. The summed E-state index contributed by atoms with van der Waals surface area (Å²) in [4.78, 5) is 10.1. The molecule has 0 saturated carbocycles. The van der Waals surface area contributed by atoms with Crippen molar-refractivity contribution in [3.63, 3.8) is 0 Å². The monoisotopic (exact) mass is 224 g/mol. The van der Waals surface area contributed by atoms with Gasteiger partial charge in [-0.1, -0.05) is 30.3 Å². The van der Waals surface area contributed by atoms with E-state index in [1.807, 2.05) is 30.3 Å². The number of benzene rings is 1. The fourth-order valence-electron chi connectivity index (χ4n) is 1.24. The molecule has 16 heavy (non-hydrogen) atoms. The summed E-state index contributed by atoms with van der Waals surface area (Å²) in [6.07, 6.45) is -1.57. The smallest absolute Gasteiger partial charge is 0.122 e. The van der Waals surface area contributed by atoms with E-state index < -0.39 is 12.2 Å². The van der Waals surface area contributed by atoms with Crippen LogP contribution in [0.5, 0.6) is 0 Å². The standard InChI is InChI=1S/C12H16O4/c13-7-6-11(14)12(15)9-16-8-10-4-2-1-3-5-10/h1-5,7,11-12,14-15H,6,8-9H2/t11-,12+/m0/s1. The highest BCUT2D eigenvalue weighted by Crippen LogP contribution is 2.03. The quantitative estimate of drug-likeness (QED) is 0.662. The molecule has 2 atom stereocenters. The van der Waals surface area contributed by atoms with Crippen molar-refractivity contribution < 1.29 is 19.7 Å². The number of rotatable bonds is 7. The Balaban J connectivity index is 2.22. The van der Waals surface area contributed by atoms with Crippen LogP contribution in [-0.2, 0) is 16.1 Å². The number of carbonyl (C=O) groups is 1. The lowest BCUT2D eigenvalue weighted by Gasteiger charge is -2.15. The largest absolute Gasteiger partial charge is 0.390 e. The van der Waals surface area contributed by atoms with Gasteiger partial charge in [0.1, 0.15) is 12.4 Å². The maximum Gasteiger partial charge on any atom is 0.122 e. The van der Waals surface area contributed by atoms with E-state index >= 15 is 0 Å². The van der Waals surface area contributed by atoms with Crippen LogP contribution in [0.1, 0.15) is 12.0 Å². The van der Waals surface area contributed by atoms with Crippen LogP contribution in [0.15, 0.2) is 30.3 Å². The lowest BCUT2D eigenvalue weighted by atomic mass is 10.1. The lowest BCUT2D eigenvalue weighted by molar-refractivity contribution is -0.112. The molecule has 0 aromatic heterocycles. The van der Waals surface area contributed by atoms with Crippen molar-refractivity contribution in [3.8, 4) is 0 Å². The van der Waals surface area contributed by atoms with Crippen LogP contribution < -0.4 is 0 Å². The summed E-state index contributed by atoms with van der Waals surface area (Å²) in [5.41, 5.74) is 1.000. The third kappa shape index (κ3) is 4.53. The highest BCUT2D eigenvalue weighted by Gasteiger charge is 2.15. The highest BCUT2D eigenvalue weighted by molar-refractivity contribution is 5.50. The van der Waals surface area contributed by atoms with Gasteiger partial charge in [0.15, 0.2) is 0 Å². The maximum absolute atomic E-state index is 10.1. The summed E-state index contributed by atoms with van der Waals surface area (Å²) in [7, 11) is 0. The van der Waals surface area contributed by atoms with Crippen molar-refractivity contribution >= 4 is 6.29 Å². The topological polar surface area (TPSA) is 66.8 Å². The zero-order chi connectivity index (χ0) is 11.8. The van der Waals surface area contributed by atoms with Gasteiger partial charge >= 0.3 is 0 Å². The highest BCUT2D eigenvalue weighted by atomic mass is 16.5. The molecule has 0 unspecified atom stereocenters. The van der Waals surface area contributed by atoms with Crippen molar-refractivity contribution in [1.29, 1.82) is 0 Å². The summed E-state index contributed by atoms with van der Waals surface area (Å²) < 4.78 is 5.22. The first-order chi connectivity index (χ1) is 7.74. The minimum atomic E-state index is -1.05. The molecule has 4 heteroatoms. The van der Waals surface area contributed by atoms with Gasteiger partial charge in [0.2, 0.25) is 0 Å². The van der Waals surface area contributed by atoms with Gasteiger partial charge < -0.3 is 19.7 Å². The summed E-state index contributed by atoms with van der Waals surface area (Å²) in [5.74, 6) is 0. The second-order valence-electron chi connectivity index (χ2n) is 3.54. The van der Waals surface area contributed by atoms with Crippen LogP contribution in [0.3, 0.4) is 0 Å². The van der Waals surface area contributed by atoms with Crippen molar-refractivity contribution in [2.75, 3.05) is 6.61 Å². The van der Waals surface area contributed by atoms with Gasteiger partial charge in [-0.3, -0.25) is 0 Å². The van der Waals surface area contributed by atoms with Crippen molar-refractivity contribution in [3.05, 3.63) is 35.9 Å². The zero-order valence-electron chi connectivity index (χ0n) is 8.95. The Morgan fingerprint density at radius 3 is 2.50 bits per heavy atom. The molecule has 1 aromatic carbocycles. The fourth-order valence-corrected chi connectivity index (χ4v) is 1.24. The molecule has 0 amide bonds. The van der Waals surface area contributed by atoms with E-state index in [1.165, 1.54) is 0 Å². The minimum absolute atomic E-state index is 0.0178. The Morgan fingerprint density at radius 1 is 1.19 bits per heavy atom. The SMILES string of the molecule is O=CC[C@H](O)[C@H](O)COCc1ccccc1. The molecule has 1 aromatic rings. The van der Waals surface area contributed by atoms with Crippen LogP contribution in [-0.4, -0.2) is 35.3 Å². The first-order valence-electron chi connectivity index (χ1n) is 5.15. The van der Waals surface area contributed by atoms with Crippen LogP contribution in [0, 0.1) is 0 Å². The number of carbonyl (C=O) groups excluding carboxylic acids is 1. The molecule has 0 aliphatic rings. The first-order valence-corrected chi connectivity index (χ1v) is 5.15. The summed E-state index contributed by atoms with van der Waals surface area (Å²) in [5, 5.41) is 18.6. The predicted molar refractivity (Wildman–Crippen MR) is 58.8 cm³/mol. The molecule has 2 N–H and O–H groups in total. The van der Waals surface area contributed by atoms with Crippen LogP contribution >= 0.6 is 0 Å². The third-order valence-electron chi connectivity index (χ3n) is 2.18. The molecule has 0 aliphatic carbocycles. The Hall–Kier alpha value is -1.23. The van der Waals surface area contributed by atoms with Gasteiger partial charge in [-0.2, -0.15) is 0 Å². The van der Waals surface area contributed by atoms with E-state index in [-0.39, 0.29) is 13.0 Å². The molecule has 0 aliphatic heterocycles. The predicted octanol–water partition coefficient (Wildman–Crippen LogP) is 0.514. The van der Waals surface area contributed by atoms with Gasteiger partial charge in [0.25, 0.3) is 0 Å². The number of aldehydes is 1. The van der Waals surface area contributed by atoms with Gasteiger partial charge in [-0.15, -0.1) is 0 Å². The number of hydrogen-bond acceptors (Lipinski definition) is 4. The average Bonchev–Trinajstić information content (AvgIpc) is 2.30. The van der Waals surface area contributed by atoms with Gasteiger partial charge in [0, 0.05) is 6.42 Å². The molecular weight excluding hydrogens is 208 g/mol. The van der Waals surface area contributed by atoms with E-state index in [0.717, 1.165) is 5.56 Å². The van der Waals surface area contributed by atoms with Gasteiger partial charge in [-0.25, -0.2) is 0 Å². The van der Waals surface area contributed by atoms with Gasteiger partial charge in [0.05, 0.1) is 19.3 Å². The van der Waals surface area contributed by atoms with Crippen LogP contribution in [0.2, 0.25) is 0 Å². The summed E-state index contributed by atoms with van der Waals surface area (Å²) in [6, 6.07) is 9.53. The Morgan fingerprint density at radius 2 is 1.88 bits per heavy atom. The van der Waals surface area contributed by atoms with E-state index in [9.17, 15) is 15.0 Å². The zero-order valence-corrected chi connectivity index (χ0v) is 8.95. The van der Waals surface area contributed by atoms with E-state index in [2.05, 4.69) is 0 Å². The molecule has 1 rings (SSSR count).